The number of benzene rings is 1. The maximum atomic E-state index is 12.7. The largest absolute Gasteiger partial charge is 0.478 e. The van der Waals surface area contributed by atoms with Crippen molar-refractivity contribution < 1.29 is 23.1 Å². The monoisotopic (exact) mass is 272 g/mol. The molecular formula is C10H7F3N4O2. The van der Waals surface area contributed by atoms with Gasteiger partial charge in [-0.1, -0.05) is 0 Å². The minimum absolute atomic E-state index is 0.0604. The smallest absolute Gasteiger partial charge is 0.416 e. The molecule has 1 heterocycles. The molecule has 0 saturated heterocycles. The van der Waals surface area contributed by atoms with Crippen molar-refractivity contribution in [3.8, 4) is 5.69 Å². The molecule has 0 saturated carbocycles. The van der Waals surface area contributed by atoms with Gasteiger partial charge in [0.25, 0.3) is 0 Å². The van der Waals surface area contributed by atoms with Gasteiger partial charge in [-0.3, -0.25) is 0 Å². The molecule has 0 fully saturated rings. The van der Waals surface area contributed by atoms with E-state index in [1.165, 1.54) is 6.92 Å². The van der Waals surface area contributed by atoms with Gasteiger partial charge >= 0.3 is 12.1 Å². The molecule has 2 rings (SSSR count). The van der Waals surface area contributed by atoms with Crippen molar-refractivity contribution in [2.24, 2.45) is 0 Å². The van der Waals surface area contributed by atoms with Crippen LogP contribution >= 0.6 is 0 Å². The first-order valence-electron chi connectivity index (χ1n) is 5.00. The fourth-order valence-corrected chi connectivity index (χ4v) is 1.49. The number of hydrogen-bond donors (Lipinski definition) is 1. The van der Waals surface area contributed by atoms with E-state index in [4.69, 9.17) is 5.11 Å². The summed E-state index contributed by atoms with van der Waals surface area (Å²) in [5.41, 5.74) is -1.62. The molecule has 0 atom stereocenters. The topological polar surface area (TPSA) is 80.9 Å². The molecule has 9 heteroatoms. The maximum absolute atomic E-state index is 12.7. The average Bonchev–Trinajstić information content (AvgIpc) is 2.73. The average molecular weight is 272 g/mol. The Balaban J connectivity index is 2.65. The summed E-state index contributed by atoms with van der Waals surface area (Å²) >= 11 is 0. The summed E-state index contributed by atoms with van der Waals surface area (Å²) < 4.78 is 39.1. The van der Waals surface area contributed by atoms with Crippen molar-refractivity contribution >= 4 is 5.97 Å². The Morgan fingerprint density at radius 2 is 2.00 bits per heavy atom. The Morgan fingerprint density at radius 3 is 2.47 bits per heavy atom. The van der Waals surface area contributed by atoms with Gasteiger partial charge in [0, 0.05) is 0 Å². The summed E-state index contributed by atoms with van der Waals surface area (Å²) in [5, 5.41) is 19.2. The van der Waals surface area contributed by atoms with E-state index in [2.05, 4.69) is 15.5 Å². The number of aromatic carboxylic acids is 1. The highest BCUT2D eigenvalue weighted by Crippen LogP contribution is 2.31. The lowest BCUT2D eigenvalue weighted by Crippen LogP contribution is -2.10. The first kappa shape index (κ1) is 13.0. The number of alkyl halides is 3. The predicted octanol–water partition coefficient (Wildman–Crippen LogP) is 1.69. The zero-order chi connectivity index (χ0) is 14.2. The van der Waals surface area contributed by atoms with Crippen LogP contribution in [0, 0.1) is 6.92 Å². The lowest BCUT2D eigenvalue weighted by molar-refractivity contribution is -0.137. The zero-order valence-electron chi connectivity index (χ0n) is 9.51. The third kappa shape index (κ3) is 2.54. The van der Waals surface area contributed by atoms with Gasteiger partial charge in [0.1, 0.15) is 0 Å². The number of aromatic nitrogens is 4. The van der Waals surface area contributed by atoms with Crippen LogP contribution < -0.4 is 0 Å². The fourth-order valence-electron chi connectivity index (χ4n) is 1.49. The predicted molar refractivity (Wildman–Crippen MR) is 55.9 cm³/mol. The van der Waals surface area contributed by atoms with Gasteiger partial charge < -0.3 is 5.11 Å². The Bertz CT molecular complexity index is 636. The highest BCUT2D eigenvalue weighted by Gasteiger charge is 2.32. The van der Waals surface area contributed by atoms with Gasteiger partial charge in [0.05, 0.1) is 16.8 Å². The first-order valence-corrected chi connectivity index (χ1v) is 5.00. The van der Waals surface area contributed by atoms with Crippen molar-refractivity contribution in [3.05, 3.63) is 35.2 Å². The van der Waals surface area contributed by atoms with Gasteiger partial charge in [0.2, 0.25) is 0 Å². The number of aryl methyl sites for hydroxylation is 1. The third-order valence-corrected chi connectivity index (χ3v) is 2.36. The fraction of sp³-hybridized carbons (Fsp3) is 0.200. The van der Waals surface area contributed by atoms with Crippen LogP contribution in [0.3, 0.4) is 0 Å². The lowest BCUT2D eigenvalue weighted by Gasteiger charge is -2.10. The molecule has 0 aliphatic heterocycles. The second kappa shape index (κ2) is 4.34. The van der Waals surface area contributed by atoms with Crippen LogP contribution in [0.25, 0.3) is 5.69 Å². The van der Waals surface area contributed by atoms with E-state index in [0.29, 0.717) is 6.07 Å². The number of carboxylic acids is 1. The number of nitrogens with zero attached hydrogens (tertiary/aromatic N) is 4. The molecule has 0 bridgehead atoms. The normalized spacial score (nSPS) is 11.6. The van der Waals surface area contributed by atoms with Crippen LogP contribution in [0.15, 0.2) is 18.2 Å². The summed E-state index contributed by atoms with van der Waals surface area (Å²) in [6.45, 7) is 1.49. The van der Waals surface area contributed by atoms with Crippen molar-refractivity contribution in [2.45, 2.75) is 13.1 Å². The molecule has 6 nitrogen and oxygen atoms in total. The van der Waals surface area contributed by atoms with E-state index < -0.39 is 23.3 Å². The maximum Gasteiger partial charge on any atom is 0.416 e. The summed E-state index contributed by atoms with van der Waals surface area (Å²) in [7, 11) is 0. The van der Waals surface area contributed by atoms with E-state index in [9.17, 15) is 18.0 Å². The van der Waals surface area contributed by atoms with Crippen molar-refractivity contribution in [1.82, 2.24) is 20.2 Å². The number of rotatable bonds is 2. The molecule has 0 amide bonds. The standard InChI is InChI=1S/C10H7F3N4O2/c1-5-14-15-16-17(5)8-3-6(9(18)19)2-7(4-8)10(11,12)13/h2-4H,1H3,(H,18,19). The van der Waals surface area contributed by atoms with Gasteiger partial charge in [-0.2, -0.15) is 17.9 Å². The summed E-state index contributed by atoms with van der Waals surface area (Å²) in [6, 6.07) is 2.42. The number of hydrogen-bond acceptors (Lipinski definition) is 4. The van der Waals surface area contributed by atoms with E-state index in [0.717, 1.165) is 16.8 Å². The quantitative estimate of drug-likeness (QED) is 0.899. The SMILES string of the molecule is Cc1nnnn1-c1cc(C(=O)O)cc(C(F)(F)F)c1. The molecule has 0 aliphatic carbocycles. The van der Waals surface area contributed by atoms with Crippen LogP contribution in [-0.4, -0.2) is 31.3 Å². The second-order valence-corrected chi connectivity index (χ2v) is 3.71. The molecule has 1 N–H and O–H groups in total. The molecule has 0 radical (unpaired) electrons. The molecule has 19 heavy (non-hydrogen) atoms. The third-order valence-electron chi connectivity index (χ3n) is 2.36. The molecular weight excluding hydrogens is 265 g/mol. The Hall–Kier alpha value is -2.45. The Morgan fingerprint density at radius 1 is 1.32 bits per heavy atom. The van der Waals surface area contributed by atoms with Gasteiger partial charge in [0.15, 0.2) is 5.82 Å². The Labute approximate surface area is 104 Å². The highest BCUT2D eigenvalue weighted by molar-refractivity contribution is 5.88. The number of tetrazole rings is 1. The molecule has 0 unspecified atom stereocenters. The molecule has 0 spiro atoms. The number of carbonyl (C=O) groups is 1. The molecule has 0 aliphatic rings. The van der Waals surface area contributed by atoms with E-state index >= 15 is 0 Å². The van der Waals surface area contributed by atoms with Crippen LogP contribution in [0.2, 0.25) is 0 Å². The zero-order valence-corrected chi connectivity index (χ0v) is 9.51. The lowest BCUT2D eigenvalue weighted by atomic mass is 10.1. The van der Waals surface area contributed by atoms with Gasteiger partial charge in [-0.15, -0.1) is 5.10 Å². The number of carboxylic acid groups (broad SMARTS) is 1. The Kier molecular flexibility index (Phi) is 2.97. The van der Waals surface area contributed by atoms with Crippen LogP contribution in [-0.2, 0) is 6.18 Å². The first-order chi connectivity index (χ1) is 8.79. The van der Waals surface area contributed by atoms with E-state index in [1.807, 2.05) is 0 Å². The summed E-state index contributed by atoms with van der Waals surface area (Å²) in [6.07, 6.45) is -4.65. The second-order valence-electron chi connectivity index (χ2n) is 3.71. The van der Waals surface area contributed by atoms with Gasteiger partial charge in [-0.25, -0.2) is 4.79 Å². The highest BCUT2D eigenvalue weighted by atomic mass is 19.4. The number of halogens is 3. The molecule has 100 valence electrons. The minimum Gasteiger partial charge on any atom is -0.478 e. The van der Waals surface area contributed by atoms with Crippen molar-refractivity contribution in [2.75, 3.05) is 0 Å². The molecule has 2 aromatic rings. The van der Waals surface area contributed by atoms with Crippen molar-refractivity contribution in [3.63, 3.8) is 0 Å². The van der Waals surface area contributed by atoms with E-state index in [1.54, 1.807) is 0 Å². The van der Waals surface area contributed by atoms with Crippen LogP contribution in [0.1, 0.15) is 21.7 Å². The molecule has 1 aromatic carbocycles. The minimum atomic E-state index is -4.65. The van der Waals surface area contributed by atoms with Crippen LogP contribution in [0.4, 0.5) is 13.2 Å². The van der Waals surface area contributed by atoms with E-state index in [-0.39, 0.29) is 11.5 Å². The van der Waals surface area contributed by atoms with Gasteiger partial charge in [-0.05, 0) is 35.5 Å². The van der Waals surface area contributed by atoms with Crippen molar-refractivity contribution in [1.29, 1.82) is 0 Å². The summed E-state index contributed by atoms with van der Waals surface area (Å²) in [4.78, 5) is 10.9. The summed E-state index contributed by atoms with van der Waals surface area (Å²) in [5.74, 6) is -1.21. The van der Waals surface area contributed by atoms with Crippen LogP contribution in [0.5, 0.6) is 0 Å². The molecule has 1 aromatic heterocycles.